The van der Waals surface area contributed by atoms with E-state index in [-0.39, 0.29) is 6.61 Å². The third-order valence-corrected chi connectivity index (χ3v) is 4.08. The molecule has 0 aliphatic heterocycles. The van der Waals surface area contributed by atoms with Gasteiger partial charge in [0.05, 0.1) is 0 Å². The zero-order chi connectivity index (χ0) is 16.1. The highest BCUT2D eigenvalue weighted by Gasteiger charge is 2.16. The highest BCUT2D eigenvalue weighted by molar-refractivity contribution is 5.87. The van der Waals surface area contributed by atoms with Crippen LogP contribution in [0.1, 0.15) is 18.2 Å². The van der Waals surface area contributed by atoms with Crippen molar-refractivity contribution in [2.75, 3.05) is 6.61 Å². The number of hydrogen-bond donors (Lipinski definition) is 1. The summed E-state index contributed by atoms with van der Waals surface area (Å²) >= 11 is 0. The van der Waals surface area contributed by atoms with Crippen LogP contribution in [0.2, 0.25) is 0 Å². The average molecular weight is 303 g/mol. The minimum atomic E-state index is 0.126. The van der Waals surface area contributed by atoms with Gasteiger partial charge in [-0.15, -0.1) is 0 Å². The second-order valence-electron chi connectivity index (χ2n) is 5.54. The predicted octanol–water partition coefficient (Wildman–Crippen LogP) is 4.51. The first kappa shape index (κ1) is 15.4. The van der Waals surface area contributed by atoms with E-state index in [4.69, 9.17) is 0 Å². The van der Waals surface area contributed by atoms with E-state index in [9.17, 15) is 5.11 Å². The van der Waals surface area contributed by atoms with Gasteiger partial charge in [0.2, 0.25) is 0 Å². The second kappa shape index (κ2) is 7.21. The minimum Gasteiger partial charge on any atom is -0.396 e. The lowest BCUT2D eigenvalue weighted by atomic mass is 9.88. The lowest BCUT2D eigenvalue weighted by Crippen LogP contribution is -2.03. The van der Waals surface area contributed by atoms with Crippen LogP contribution in [0.5, 0.6) is 0 Å². The van der Waals surface area contributed by atoms with Crippen molar-refractivity contribution < 1.29 is 5.11 Å². The van der Waals surface area contributed by atoms with Crippen LogP contribution in [-0.2, 0) is 12.8 Å². The molecule has 1 N–H and O–H groups in total. The van der Waals surface area contributed by atoms with Crippen molar-refractivity contribution in [3.05, 3.63) is 78.1 Å². The van der Waals surface area contributed by atoms with E-state index in [0.717, 1.165) is 17.7 Å². The van der Waals surface area contributed by atoms with Crippen LogP contribution >= 0.6 is 0 Å². The third-order valence-electron chi connectivity index (χ3n) is 4.08. The third kappa shape index (κ3) is 3.17. The molecule has 0 radical (unpaired) electrons. The van der Waals surface area contributed by atoms with Gasteiger partial charge in [-0.3, -0.25) is 4.98 Å². The van der Waals surface area contributed by atoms with Crippen molar-refractivity contribution in [3.63, 3.8) is 0 Å². The van der Waals surface area contributed by atoms with Gasteiger partial charge in [0.1, 0.15) is 0 Å². The molecule has 2 nitrogen and oxygen atoms in total. The first-order valence-corrected chi connectivity index (χ1v) is 8.07. The Morgan fingerprint density at radius 1 is 0.826 bits per heavy atom. The van der Waals surface area contributed by atoms with Gasteiger partial charge in [0.15, 0.2) is 0 Å². The van der Waals surface area contributed by atoms with Crippen molar-refractivity contribution in [2.24, 2.45) is 0 Å². The Balaban J connectivity index is 2.32. The number of aliphatic hydroxyl groups excluding tert-OH is 1. The average Bonchev–Trinajstić information content (AvgIpc) is 2.63. The van der Waals surface area contributed by atoms with E-state index in [1.54, 1.807) is 0 Å². The summed E-state index contributed by atoms with van der Waals surface area (Å²) in [6.45, 7) is 2.26. The monoisotopic (exact) mass is 303 g/mol. The van der Waals surface area contributed by atoms with E-state index in [1.165, 1.54) is 22.3 Å². The number of pyridine rings is 1. The van der Waals surface area contributed by atoms with Crippen LogP contribution < -0.4 is 0 Å². The van der Waals surface area contributed by atoms with Crippen molar-refractivity contribution >= 4 is 0 Å². The maximum Gasteiger partial charge on any atom is 0.0485 e. The summed E-state index contributed by atoms with van der Waals surface area (Å²) in [7, 11) is 0. The van der Waals surface area contributed by atoms with Crippen molar-refractivity contribution in [2.45, 2.75) is 19.8 Å². The molecule has 0 saturated heterocycles. The molecule has 1 aromatic heterocycles. The fourth-order valence-corrected chi connectivity index (χ4v) is 3.02. The lowest BCUT2D eigenvalue weighted by molar-refractivity contribution is 0.299. The molecule has 0 atom stereocenters. The van der Waals surface area contributed by atoms with Gasteiger partial charge in [-0.05, 0) is 35.1 Å². The van der Waals surface area contributed by atoms with Crippen LogP contribution in [-0.4, -0.2) is 16.7 Å². The maximum atomic E-state index is 9.45. The first-order valence-electron chi connectivity index (χ1n) is 8.07. The summed E-state index contributed by atoms with van der Waals surface area (Å²) in [5.74, 6) is 0. The first-order chi connectivity index (χ1) is 11.3. The second-order valence-corrected chi connectivity index (χ2v) is 5.54. The summed E-state index contributed by atoms with van der Waals surface area (Å²) in [6.07, 6.45) is 3.41. The molecule has 0 unspecified atom stereocenters. The number of nitrogens with zero attached hydrogens (tertiary/aromatic N) is 1. The quantitative estimate of drug-likeness (QED) is 0.752. The maximum absolute atomic E-state index is 9.45. The normalized spacial score (nSPS) is 10.7. The summed E-state index contributed by atoms with van der Waals surface area (Å²) in [5, 5.41) is 9.45. The molecule has 2 aromatic carbocycles. The molecule has 3 aromatic rings. The molecule has 0 fully saturated rings. The van der Waals surface area contributed by atoms with E-state index < -0.39 is 0 Å². The summed E-state index contributed by atoms with van der Waals surface area (Å²) in [6, 6.07) is 20.8. The molecule has 0 aliphatic rings. The largest absolute Gasteiger partial charge is 0.396 e. The summed E-state index contributed by atoms with van der Waals surface area (Å²) in [5.41, 5.74) is 6.91. The molecule has 23 heavy (non-hydrogen) atoms. The lowest BCUT2D eigenvalue weighted by Gasteiger charge is -2.18. The molecule has 2 heteroatoms. The van der Waals surface area contributed by atoms with Gasteiger partial charge >= 0.3 is 0 Å². The molecule has 0 amide bonds. The molecule has 0 bridgehead atoms. The van der Waals surface area contributed by atoms with Gasteiger partial charge in [0, 0.05) is 24.1 Å². The molecular weight excluding hydrogens is 282 g/mol. The van der Waals surface area contributed by atoms with Crippen LogP contribution in [0.4, 0.5) is 0 Å². The Labute approximate surface area is 137 Å². The number of aryl methyl sites for hydroxylation is 1. The number of rotatable bonds is 5. The van der Waals surface area contributed by atoms with Crippen LogP contribution in [0.15, 0.2) is 66.9 Å². The SMILES string of the molecule is CCc1ncc(CCO)c(-c2ccccc2)c1-c1ccccc1. The molecule has 0 spiro atoms. The summed E-state index contributed by atoms with van der Waals surface area (Å²) in [4.78, 5) is 4.67. The number of benzene rings is 2. The van der Waals surface area contributed by atoms with Crippen molar-refractivity contribution in [1.29, 1.82) is 0 Å². The van der Waals surface area contributed by atoms with Gasteiger partial charge in [-0.1, -0.05) is 67.6 Å². The van der Waals surface area contributed by atoms with E-state index in [2.05, 4.69) is 60.4 Å². The Morgan fingerprint density at radius 3 is 1.91 bits per heavy atom. The number of hydrogen-bond acceptors (Lipinski definition) is 2. The van der Waals surface area contributed by atoms with E-state index in [0.29, 0.717) is 6.42 Å². The fourth-order valence-electron chi connectivity index (χ4n) is 3.02. The standard InChI is InChI=1S/C21H21NO/c1-2-19-21(17-11-7-4-8-12-17)20(16-9-5-3-6-10-16)18(13-14-23)15-22-19/h3-12,15,23H,2,13-14H2,1H3. The van der Waals surface area contributed by atoms with Gasteiger partial charge in [-0.2, -0.15) is 0 Å². The minimum absolute atomic E-state index is 0.126. The topological polar surface area (TPSA) is 33.1 Å². The van der Waals surface area contributed by atoms with Gasteiger partial charge < -0.3 is 5.11 Å². The number of aromatic nitrogens is 1. The number of aliphatic hydroxyl groups is 1. The molecular formula is C21H21NO. The molecule has 0 saturated carbocycles. The van der Waals surface area contributed by atoms with E-state index >= 15 is 0 Å². The van der Waals surface area contributed by atoms with Crippen LogP contribution in [0.3, 0.4) is 0 Å². The smallest absolute Gasteiger partial charge is 0.0485 e. The molecule has 0 aliphatic carbocycles. The zero-order valence-electron chi connectivity index (χ0n) is 13.4. The summed E-state index contributed by atoms with van der Waals surface area (Å²) < 4.78 is 0. The van der Waals surface area contributed by atoms with E-state index in [1.807, 2.05) is 18.3 Å². The Morgan fingerprint density at radius 2 is 1.39 bits per heavy atom. The van der Waals surface area contributed by atoms with Crippen molar-refractivity contribution in [3.8, 4) is 22.3 Å². The van der Waals surface area contributed by atoms with Gasteiger partial charge in [0.25, 0.3) is 0 Å². The van der Waals surface area contributed by atoms with Crippen molar-refractivity contribution in [1.82, 2.24) is 4.98 Å². The fraction of sp³-hybridized carbons (Fsp3) is 0.190. The van der Waals surface area contributed by atoms with Crippen LogP contribution in [0, 0.1) is 0 Å². The zero-order valence-corrected chi connectivity index (χ0v) is 13.4. The Hall–Kier alpha value is -2.45. The highest BCUT2D eigenvalue weighted by Crippen LogP contribution is 2.37. The Kier molecular flexibility index (Phi) is 4.84. The van der Waals surface area contributed by atoms with Crippen LogP contribution in [0.25, 0.3) is 22.3 Å². The highest BCUT2D eigenvalue weighted by atomic mass is 16.2. The molecule has 1 heterocycles. The predicted molar refractivity (Wildman–Crippen MR) is 95.3 cm³/mol. The van der Waals surface area contributed by atoms with Gasteiger partial charge in [-0.25, -0.2) is 0 Å². The Bertz CT molecular complexity index is 767. The molecule has 116 valence electrons. The molecule has 3 rings (SSSR count).